The van der Waals surface area contributed by atoms with Gasteiger partial charge in [-0.25, -0.2) is 8.42 Å². The molecule has 1 aliphatic carbocycles. The molecule has 1 saturated heterocycles. The summed E-state index contributed by atoms with van der Waals surface area (Å²) in [4.78, 5) is 0. The van der Waals surface area contributed by atoms with Crippen LogP contribution >= 0.6 is 11.8 Å². The monoisotopic (exact) mass is 277 g/mol. The molecule has 1 heterocycles. The Bertz CT molecular complexity index is 319. The molecule has 1 atom stereocenters. The molecule has 1 saturated carbocycles. The summed E-state index contributed by atoms with van der Waals surface area (Å²) in [7, 11) is -2.81. The molecule has 0 radical (unpaired) electrons. The summed E-state index contributed by atoms with van der Waals surface area (Å²) < 4.78 is 23.7. The molecule has 1 unspecified atom stereocenters. The summed E-state index contributed by atoms with van der Waals surface area (Å²) in [5, 5.41) is 3.39. The Labute approximate surface area is 109 Å². The van der Waals surface area contributed by atoms with Crippen LogP contribution in [-0.4, -0.2) is 44.0 Å². The molecule has 0 aromatic carbocycles. The molecule has 1 N–H and O–H groups in total. The molecule has 0 amide bonds. The molecule has 0 spiro atoms. The van der Waals surface area contributed by atoms with Crippen LogP contribution in [0, 0.1) is 5.92 Å². The lowest BCUT2D eigenvalue weighted by Gasteiger charge is -2.25. The average Bonchev–Trinajstić information content (AvgIpc) is 2.25. The second-order valence-corrected chi connectivity index (χ2v) is 8.66. The fourth-order valence-electron chi connectivity index (χ4n) is 2.42. The highest BCUT2D eigenvalue weighted by Gasteiger charge is 2.24. The highest BCUT2D eigenvalue weighted by Crippen LogP contribution is 2.27. The van der Waals surface area contributed by atoms with Crippen LogP contribution in [0.15, 0.2) is 0 Å². The number of thioether (sulfide) groups is 1. The predicted octanol–water partition coefficient (Wildman–Crippen LogP) is 1.69. The Morgan fingerprint density at radius 3 is 2.59 bits per heavy atom. The quantitative estimate of drug-likeness (QED) is 0.802. The van der Waals surface area contributed by atoms with E-state index in [0.29, 0.717) is 30.0 Å². The van der Waals surface area contributed by atoms with E-state index in [2.05, 4.69) is 5.32 Å². The molecule has 17 heavy (non-hydrogen) atoms. The van der Waals surface area contributed by atoms with Crippen molar-refractivity contribution in [3.8, 4) is 0 Å². The van der Waals surface area contributed by atoms with Gasteiger partial charge in [-0.1, -0.05) is 6.42 Å². The first kappa shape index (κ1) is 13.7. The van der Waals surface area contributed by atoms with E-state index in [1.807, 2.05) is 11.8 Å². The fraction of sp³-hybridized carbons (Fsp3) is 1.00. The van der Waals surface area contributed by atoms with Gasteiger partial charge in [0.05, 0.1) is 11.5 Å². The third-order valence-corrected chi connectivity index (χ3v) is 6.74. The van der Waals surface area contributed by atoms with Crippen molar-refractivity contribution in [2.24, 2.45) is 5.92 Å². The summed E-state index contributed by atoms with van der Waals surface area (Å²) in [6.45, 7) is 0.639. The number of nitrogens with one attached hydrogen (secondary N) is 1. The topological polar surface area (TPSA) is 46.2 Å². The Hall–Kier alpha value is 0.260. The molecule has 5 heteroatoms. The molecule has 3 nitrogen and oxygen atoms in total. The van der Waals surface area contributed by atoms with Crippen molar-refractivity contribution in [1.29, 1.82) is 0 Å². The van der Waals surface area contributed by atoms with Crippen molar-refractivity contribution in [2.75, 3.05) is 29.6 Å². The van der Waals surface area contributed by atoms with Crippen molar-refractivity contribution < 1.29 is 8.42 Å². The van der Waals surface area contributed by atoms with Gasteiger partial charge in [-0.15, -0.1) is 0 Å². The van der Waals surface area contributed by atoms with Gasteiger partial charge in [0.15, 0.2) is 9.84 Å². The predicted molar refractivity (Wildman–Crippen MR) is 74.3 cm³/mol. The Kier molecular flexibility index (Phi) is 5.18. The van der Waals surface area contributed by atoms with Gasteiger partial charge in [-0.2, -0.15) is 11.8 Å². The number of hydrogen-bond donors (Lipinski definition) is 1. The maximum absolute atomic E-state index is 11.8. The summed E-state index contributed by atoms with van der Waals surface area (Å²) >= 11 is 1.97. The van der Waals surface area contributed by atoms with Crippen LogP contribution in [0.4, 0.5) is 0 Å². The van der Waals surface area contributed by atoms with Crippen LogP contribution in [0.5, 0.6) is 0 Å². The standard InChI is InChI=1S/C12H23NO2S2/c14-17(15,10-11-3-1-4-11)8-6-13-12-5-2-7-16-9-12/h11-13H,1-10H2. The van der Waals surface area contributed by atoms with Crippen LogP contribution in [0.3, 0.4) is 0 Å². The third-order valence-electron chi connectivity index (χ3n) is 3.72. The van der Waals surface area contributed by atoms with Crippen LogP contribution in [0.1, 0.15) is 32.1 Å². The second-order valence-electron chi connectivity index (χ2n) is 5.28. The van der Waals surface area contributed by atoms with Gasteiger partial charge < -0.3 is 5.32 Å². The van der Waals surface area contributed by atoms with Crippen molar-refractivity contribution in [3.63, 3.8) is 0 Å². The van der Waals surface area contributed by atoms with Crippen molar-refractivity contribution in [3.05, 3.63) is 0 Å². The van der Waals surface area contributed by atoms with Gasteiger partial charge in [0.25, 0.3) is 0 Å². The van der Waals surface area contributed by atoms with E-state index in [-0.39, 0.29) is 0 Å². The van der Waals surface area contributed by atoms with Crippen LogP contribution in [0.25, 0.3) is 0 Å². The van der Waals surface area contributed by atoms with Crippen molar-refractivity contribution in [2.45, 2.75) is 38.1 Å². The highest BCUT2D eigenvalue weighted by atomic mass is 32.2. The first-order valence-corrected chi connectivity index (χ1v) is 9.65. The maximum atomic E-state index is 11.8. The van der Waals surface area contributed by atoms with E-state index >= 15 is 0 Å². The Morgan fingerprint density at radius 1 is 1.18 bits per heavy atom. The van der Waals surface area contributed by atoms with Crippen LogP contribution in [-0.2, 0) is 9.84 Å². The molecular formula is C12H23NO2S2. The second kappa shape index (κ2) is 6.43. The van der Waals surface area contributed by atoms with E-state index < -0.39 is 9.84 Å². The van der Waals surface area contributed by atoms with Crippen LogP contribution in [0.2, 0.25) is 0 Å². The SMILES string of the molecule is O=S(=O)(CCNC1CCCSC1)CC1CCC1. The zero-order chi connectivity index (χ0) is 12.1. The highest BCUT2D eigenvalue weighted by molar-refractivity contribution is 7.99. The molecule has 0 aromatic heterocycles. The number of rotatable bonds is 6. The number of hydrogen-bond acceptors (Lipinski definition) is 4. The molecule has 0 aromatic rings. The van der Waals surface area contributed by atoms with E-state index in [9.17, 15) is 8.42 Å². The summed E-state index contributed by atoms with van der Waals surface area (Å²) in [5.74, 6) is 3.62. The van der Waals surface area contributed by atoms with E-state index in [1.54, 1.807) is 0 Å². The molecule has 0 bridgehead atoms. The normalized spacial score (nSPS) is 26.7. The number of sulfone groups is 1. The van der Waals surface area contributed by atoms with Gasteiger partial charge in [0, 0.05) is 18.3 Å². The van der Waals surface area contributed by atoms with E-state index in [0.717, 1.165) is 18.6 Å². The van der Waals surface area contributed by atoms with Gasteiger partial charge in [0.1, 0.15) is 0 Å². The molecule has 2 aliphatic rings. The van der Waals surface area contributed by atoms with Crippen molar-refractivity contribution >= 4 is 21.6 Å². The molecular weight excluding hydrogens is 254 g/mol. The largest absolute Gasteiger partial charge is 0.312 e. The zero-order valence-corrected chi connectivity index (χ0v) is 12.0. The first-order chi connectivity index (χ1) is 8.16. The first-order valence-electron chi connectivity index (χ1n) is 6.67. The van der Waals surface area contributed by atoms with Gasteiger partial charge in [0.2, 0.25) is 0 Å². The third kappa shape index (κ3) is 4.79. The molecule has 100 valence electrons. The minimum atomic E-state index is -2.81. The van der Waals surface area contributed by atoms with E-state index in [1.165, 1.54) is 25.0 Å². The minimum Gasteiger partial charge on any atom is -0.312 e. The summed E-state index contributed by atoms with van der Waals surface area (Å²) in [6, 6.07) is 0.535. The maximum Gasteiger partial charge on any atom is 0.151 e. The smallest absolute Gasteiger partial charge is 0.151 e. The minimum absolute atomic E-state index is 0.324. The lowest BCUT2D eigenvalue weighted by Crippen LogP contribution is -2.37. The van der Waals surface area contributed by atoms with Gasteiger partial charge >= 0.3 is 0 Å². The lowest BCUT2D eigenvalue weighted by atomic mass is 9.87. The Morgan fingerprint density at radius 2 is 2.00 bits per heavy atom. The van der Waals surface area contributed by atoms with Crippen molar-refractivity contribution in [1.82, 2.24) is 5.32 Å². The zero-order valence-electron chi connectivity index (χ0n) is 10.4. The lowest BCUT2D eigenvalue weighted by molar-refractivity contribution is 0.347. The van der Waals surface area contributed by atoms with Gasteiger partial charge in [-0.05, 0) is 37.4 Å². The summed E-state index contributed by atoms with van der Waals surface area (Å²) in [5.41, 5.74) is 0. The van der Waals surface area contributed by atoms with E-state index in [4.69, 9.17) is 0 Å². The molecule has 2 rings (SSSR count). The average molecular weight is 277 g/mol. The molecule has 1 aliphatic heterocycles. The molecule has 2 fully saturated rings. The van der Waals surface area contributed by atoms with Gasteiger partial charge in [-0.3, -0.25) is 0 Å². The summed E-state index contributed by atoms with van der Waals surface area (Å²) in [6.07, 6.45) is 5.92. The Balaban J connectivity index is 1.62. The fourth-order valence-corrected chi connectivity index (χ4v) is 5.18. The van der Waals surface area contributed by atoms with Crippen LogP contribution < -0.4 is 5.32 Å².